The Bertz CT molecular complexity index is 1050. The van der Waals surface area contributed by atoms with E-state index in [0.29, 0.717) is 33.1 Å². The van der Waals surface area contributed by atoms with Crippen LogP contribution in [0.4, 0.5) is 11.5 Å². The average molecular weight is 384 g/mol. The Kier molecular flexibility index (Phi) is 4.51. The molecule has 4 rings (SSSR count). The molecule has 128 valence electrons. The summed E-state index contributed by atoms with van der Waals surface area (Å²) in [6.45, 7) is 0. The van der Waals surface area contributed by atoms with Gasteiger partial charge in [-0.15, -0.1) is 0 Å². The number of halogens is 2. The average Bonchev–Trinajstić information content (AvgIpc) is 3.13. The van der Waals surface area contributed by atoms with Crippen LogP contribution < -0.4 is 5.32 Å². The van der Waals surface area contributed by atoms with Crippen LogP contribution in [-0.4, -0.2) is 20.1 Å². The van der Waals surface area contributed by atoms with Crippen LogP contribution in [0.1, 0.15) is 0 Å². The summed E-state index contributed by atoms with van der Waals surface area (Å²) in [5.41, 5.74) is 2.17. The van der Waals surface area contributed by atoms with Crippen molar-refractivity contribution >= 4 is 34.7 Å². The molecule has 0 bridgehead atoms. The van der Waals surface area contributed by atoms with Crippen LogP contribution in [0, 0.1) is 0 Å². The molecule has 0 aliphatic carbocycles. The first-order chi connectivity index (χ1) is 12.7. The molecule has 2 aromatic heterocycles. The number of aromatic nitrogens is 4. The van der Waals surface area contributed by atoms with Gasteiger partial charge in [-0.3, -0.25) is 0 Å². The Morgan fingerprint density at radius 1 is 0.962 bits per heavy atom. The molecule has 6 nitrogen and oxygen atoms in total. The Hall–Kier alpha value is -2.96. The topological polar surface area (TPSA) is 76.7 Å². The van der Waals surface area contributed by atoms with E-state index in [9.17, 15) is 0 Å². The predicted octanol–water partition coefficient (Wildman–Crippen LogP) is 5.24. The fourth-order valence-electron chi connectivity index (χ4n) is 2.34. The van der Waals surface area contributed by atoms with E-state index in [-0.39, 0.29) is 0 Å². The van der Waals surface area contributed by atoms with E-state index < -0.39 is 0 Å². The second-order valence-corrected chi connectivity index (χ2v) is 6.22. The van der Waals surface area contributed by atoms with E-state index >= 15 is 0 Å². The van der Waals surface area contributed by atoms with Crippen LogP contribution in [0.5, 0.6) is 0 Å². The zero-order valence-corrected chi connectivity index (χ0v) is 14.7. The third-order valence-electron chi connectivity index (χ3n) is 3.56. The van der Waals surface area contributed by atoms with Gasteiger partial charge in [-0.25, -0.2) is 9.97 Å². The number of hydrogen-bond acceptors (Lipinski definition) is 6. The Morgan fingerprint density at radius 3 is 2.62 bits per heavy atom. The van der Waals surface area contributed by atoms with Crippen LogP contribution >= 0.6 is 23.2 Å². The van der Waals surface area contributed by atoms with Crippen molar-refractivity contribution in [2.45, 2.75) is 0 Å². The second kappa shape index (κ2) is 7.11. The van der Waals surface area contributed by atoms with E-state index in [1.54, 1.807) is 30.5 Å². The molecule has 0 amide bonds. The van der Waals surface area contributed by atoms with Gasteiger partial charge in [0.15, 0.2) is 0 Å². The van der Waals surface area contributed by atoms with E-state index in [2.05, 4.69) is 25.4 Å². The summed E-state index contributed by atoms with van der Waals surface area (Å²) in [6.07, 6.45) is 3.05. The molecular weight excluding hydrogens is 373 g/mol. The molecule has 0 radical (unpaired) electrons. The van der Waals surface area contributed by atoms with Gasteiger partial charge in [0, 0.05) is 27.5 Å². The number of hydrogen-bond donors (Lipinski definition) is 1. The highest BCUT2D eigenvalue weighted by Crippen LogP contribution is 2.29. The summed E-state index contributed by atoms with van der Waals surface area (Å²) in [5.74, 6) is 1.29. The number of nitrogens with zero attached hydrogens (tertiary/aromatic N) is 4. The van der Waals surface area contributed by atoms with Crippen molar-refractivity contribution in [1.82, 2.24) is 20.1 Å². The van der Waals surface area contributed by atoms with Gasteiger partial charge in [0.25, 0.3) is 5.89 Å². The van der Waals surface area contributed by atoms with Gasteiger partial charge in [-0.2, -0.15) is 4.98 Å². The lowest BCUT2D eigenvalue weighted by molar-refractivity contribution is 0.432. The fraction of sp³-hybridized carbons (Fsp3) is 0. The lowest BCUT2D eigenvalue weighted by Crippen LogP contribution is -1.97. The third-order valence-corrected chi connectivity index (χ3v) is 4.05. The Labute approximate surface area is 158 Å². The molecule has 4 aromatic rings. The Balaban J connectivity index is 1.67. The molecule has 0 aliphatic heterocycles. The van der Waals surface area contributed by atoms with E-state index in [1.807, 2.05) is 24.3 Å². The van der Waals surface area contributed by atoms with Gasteiger partial charge in [0.2, 0.25) is 5.82 Å². The molecule has 2 aromatic carbocycles. The molecule has 0 spiro atoms. The highest BCUT2D eigenvalue weighted by atomic mass is 35.5. The van der Waals surface area contributed by atoms with E-state index in [0.717, 1.165) is 11.3 Å². The van der Waals surface area contributed by atoms with Gasteiger partial charge >= 0.3 is 0 Å². The summed E-state index contributed by atoms with van der Waals surface area (Å²) in [7, 11) is 0. The first kappa shape index (κ1) is 16.5. The van der Waals surface area contributed by atoms with Crippen LogP contribution in [0.25, 0.3) is 22.8 Å². The molecule has 0 unspecified atom stereocenters. The maximum Gasteiger partial charge on any atom is 0.263 e. The molecule has 2 heterocycles. The third kappa shape index (κ3) is 3.51. The first-order valence-corrected chi connectivity index (χ1v) is 8.37. The molecule has 26 heavy (non-hydrogen) atoms. The minimum absolute atomic E-state index is 0.306. The summed E-state index contributed by atoms with van der Waals surface area (Å²) in [6, 6.07) is 14.5. The van der Waals surface area contributed by atoms with Gasteiger partial charge in [0.1, 0.15) is 17.7 Å². The van der Waals surface area contributed by atoms with Gasteiger partial charge < -0.3 is 9.84 Å². The normalized spacial score (nSPS) is 10.7. The first-order valence-electron chi connectivity index (χ1n) is 7.62. The smallest absolute Gasteiger partial charge is 0.263 e. The fourth-order valence-corrected chi connectivity index (χ4v) is 2.65. The molecule has 0 saturated heterocycles. The van der Waals surface area contributed by atoms with Crippen LogP contribution in [-0.2, 0) is 0 Å². The largest absolute Gasteiger partial charge is 0.339 e. The maximum absolute atomic E-state index is 6.03. The monoisotopic (exact) mass is 383 g/mol. The minimum atomic E-state index is 0.306. The van der Waals surface area contributed by atoms with Crippen molar-refractivity contribution in [1.29, 1.82) is 0 Å². The standard InChI is InChI=1S/C18H11Cl2N5O/c19-12-6-4-11(5-7-12)16-24-18(26-25-16)15-9-21-10-22-17(15)23-14-3-1-2-13(20)8-14/h1-10H,(H,21,22,23). The van der Waals surface area contributed by atoms with Crippen LogP contribution in [0.3, 0.4) is 0 Å². The minimum Gasteiger partial charge on any atom is -0.339 e. The van der Waals surface area contributed by atoms with Crippen molar-refractivity contribution in [3.05, 3.63) is 71.1 Å². The van der Waals surface area contributed by atoms with Crippen LogP contribution in [0.2, 0.25) is 10.0 Å². The second-order valence-electron chi connectivity index (χ2n) is 5.35. The van der Waals surface area contributed by atoms with Gasteiger partial charge in [-0.05, 0) is 42.5 Å². The summed E-state index contributed by atoms with van der Waals surface area (Å²) in [4.78, 5) is 12.7. The van der Waals surface area contributed by atoms with Crippen molar-refractivity contribution in [3.8, 4) is 22.8 Å². The van der Waals surface area contributed by atoms with E-state index in [1.165, 1.54) is 6.33 Å². The van der Waals surface area contributed by atoms with Crippen molar-refractivity contribution in [2.75, 3.05) is 5.32 Å². The maximum atomic E-state index is 6.03. The van der Waals surface area contributed by atoms with Gasteiger partial charge in [-0.1, -0.05) is 34.4 Å². The predicted molar refractivity (Wildman–Crippen MR) is 101 cm³/mol. The van der Waals surface area contributed by atoms with Crippen molar-refractivity contribution in [3.63, 3.8) is 0 Å². The highest BCUT2D eigenvalue weighted by Gasteiger charge is 2.16. The molecule has 0 fully saturated rings. The SMILES string of the molecule is Clc1ccc(-c2noc(-c3cncnc3Nc3cccc(Cl)c3)n2)cc1. The molecule has 1 N–H and O–H groups in total. The number of benzene rings is 2. The highest BCUT2D eigenvalue weighted by molar-refractivity contribution is 6.31. The zero-order chi connectivity index (χ0) is 17.9. The zero-order valence-electron chi connectivity index (χ0n) is 13.2. The molecule has 0 atom stereocenters. The van der Waals surface area contributed by atoms with Gasteiger partial charge in [0.05, 0.1) is 0 Å². The number of nitrogens with one attached hydrogen (secondary N) is 1. The Morgan fingerprint density at radius 2 is 1.81 bits per heavy atom. The van der Waals surface area contributed by atoms with Crippen LogP contribution in [0.15, 0.2) is 65.6 Å². The van der Waals surface area contributed by atoms with Crippen molar-refractivity contribution < 1.29 is 4.52 Å². The van der Waals surface area contributed by atoms with Crippen molar-refractivity contribution in [2.24, 2.45) is 0 Å². The number of anilines is 2. The molecule has 0 aliphatic rings. The quantitative estimate of drug-likeness (QED) is 0.518. The number of rotatable bonds is 4. The summed E-state index contributed by atoms with van der Waals surface area (Å²) < 4.78 is 5.40. The van der Waals surface area contributed by atoms with E-state index in [4.69, 9.17) is 27.7 Å². The summed E-state index contributed by atoms with van der Waals surface area (Å²) in [5, 5.41) is 8.47. The lowest BCUT2D eigenvalue weighted by atomic mass is 10.2. The molecule has 0 saturated carbocycles. The lowest BCUT2D eigenvalue weighted by Gasteiger charge is -2.08. The molecule has 8 heteroatoms. The summed E-state index contributed by atoms with van der Waals surface area (Å²) >= 11 is 11.9. The molecular formula is C18H11Cl2N5O.